The fourth-order valence-corrected chi connectivity index (χ4v) is 3.12. The minimum absolute atomic E-state index is 0.00925. The smallest absolute Gasteiger partial charge is 0.254 e. The first kappa shape index (κ1) is 16.3. The minimum Gasteiger partial charge on any atom is -0.472 e. The van der Waals surface area contributed by atoms with Crippen LogP contribution in [0.25, 0.3) is 5.69 Å². The summed E-state index contributed by atoms with van der Waals surface area (Å²) in [4.78, 5) is 22.8. The lowest BCUT2D eigenvalue weighted by molar-refractivity contribution is 0.0527. The molecule has 0 N–H and O–H groups in total. The third-order valence-corrected chi connectivity index (χ3v) is 4.37. The van der Waals surface area contributed by atoms with Crippen molar-refractivity contribution in [2.75, 3.05) is 13.1 Å². The van der Waals surface area contributed by atoms with E-state index in [4.69, 9.17) is 4.74 Å². The zero-order chi connectivity index (χ0) is 17.8. The Labute approximate surface area is 151 Å². The van der Waals surface area contributed by atoms with Crippen molar-refractivity contribution >= 4 is 5.91 Å². The number of aromatic nitrogens is 4. The summed E-state index contributed by atoms with van der Waals surface area (Å²) in [7, 11) is 0. The quantitative estimate of drug-likeness (QED) is 0.723. The Kier molecular flexibility index (Phi) is 4.59. The standard InChI is InChI=1S/C19H19N5O2/c25-19(15-4-1-5-16(12-15)24-11-3-8-22-24)23-10-2-6-17(13-23)26-18-7-9-20-14-21-18/h1,3-5,7-9,11-12,14,17H,2,6,10,13H2/t17-/m1/s1. The number of likely N-dealkylation sites (tertiary alicyclic amines) is 1. The normalized spacial score (nSPS) is 17.1. The summed E-state index contributed by atoms with van der Waals surface area (Å²) in [5, 5.41) is 4.22. The van der Waals surface area contributed by atoms with Crippen LogP contribution in [0, 0.1) is 0 Å². The van der Waals surface area contributed by atoms with E-state index >= 15 is 0 Å². The van der Waals surface area contributed by atoms with Crippen LogP contribution in [-0.4, -0.2) is 49.7 Å². The van der Waals surface area contributed by atoms with Crippen molar-refractivity contribution in [1.82, 2.24) is 24.6 Å². The van der Waals surface area contributed by atoms with Crippen LogP contribution in [0.1, 0.15) is 23.2 Å². The largest absolute Gasteiger partial charge is 0.472 e. The average Bonchev–Trinajstić information content (AvgIpc) is 3.23. The molecule has 0 bridgehead atoms. The highest BCUT2D eigenvalue weighted by atomic mass is 16.5. The second-order valence-electron chi connectivity index (χ2n) is 6.18. The Balaban J connectivity index is 1.47. The predicted molar refractivity (Wildman–Crippen MR) is 95.1 cm³/mol. The third kappa shape index (κ3) is 3.56. The lowest BCUT2D eigenvalue weighted by atomic mass is 10.1. The van der Waals surface area contributed by atoms with Gasteiger partial charge in [-0.05, 0) is 37.1 Å². The summed E-state index contributed by atoms with van der Waals surface area (Å²) in [5.41, 5.74) is 1.52. The number of piperidine rings is 1. The molecule has 3 aromatic rings. The zero-order valence-electron chi connectivity index (χ0n) is 14.2. The van der Waals surface area contributed by atoms with E-state index in [2.05, 4.69) is 15.1 Å². The van der Waals surface area contributed by atoms with Gasteiger partial charge in [0.05, 0.1) is 12.2 Å². The van der Waals surface area contributed by atoms with E-state index in [1.165, 1.54) is 6.33 Å². The number of carbonyl (C=O) groups is 1. The number of ether oxygens (including phenoxy) is 1. The Hall–Kier alpha value is -3.22. The van der Waals surface area contributed by atoms with Gasteiger partial charge in [0.2, 0.25) is 5.88 Å². The Bertz CT molecular complexity index is 867. The number of nitrogens with zero attached hydrogens (tertiary/aromatic N) is 5. The molecular formula is C19H19N5O2. The van der Waals surface area contributed by atoms with Crippen LogP contribution in [0.4, 0.5) is 0 Å². The van der Waals surface area contributed by atoms with Gasteiger partial charge in [-0.3, -0.25) is 4.79 Å². The summed E-state index contributed by atoms with van der Waals surface area (Å²) < 4.78 is 7.64. The van der Waals surface area contributed by atoms with Crippen LogP contribution in [0.3, 0.4) is 0 Å². The van der Waals surface area contributed by atoms with Gasteiger partial charge in [-0.2, -0.15) is 5.10 Å². The molecule has 132 valence electrons. The molecule has 1 atom stereocenters. The van der Waals surface area contributed by atoms with Crippen molar-refractivity contribution in [3.05, 3.63) is 66.9 Å². The van der Waals surface area contributed by atoms with Crippen LogP contribution in [-0.2, 0) is 0 Å². The van der Waals surface area contributed by atoms with Crippen molar-refractivity contribution in [3.63, 3.8) is 0 Å². The predicted octanol–water partition coefficient (Wildman–Crippen LogP) is 2.35. The van der Waals surface area contributed by atoms with E-state index in [9.17, 15) is 4.79 Å². The van der Waals surface area contributed by atoms with Crippen molar-refractivity contribution in [1.29, 1.82) is 0 Å². The van der Waals surface area contributed by atoms with Crippen LogP contribution in [0.2, 0.25) is 0 Å². The number of amides is 1. The molecule has 1 aliphatic rings. The monoisotopic (exact) mass is 349 g/mol. The van der Waals surface area contributed by atoms with Gasteiger partial charge >= 0.3 is 0 Å². The number of hydrogen-bond acceptors (Lipinski definition) is 5. The fourth-order valence-electron chi connectivity index (χ4n) is 3.12. The van der Waals surface area contributed by atoms with Gasteiger partial charge < -0.3 is 9.64 Å². The summed E-state index contributed by atoms with van der Waals surface area (Å²) in [6.45, 7) is 1.28. The maximum Gasteiger partial charge on any atom is 0.254 e. The van der Waals surface area contributed by atoms with E-state index < -0.39 is 0 Å². The molecule has 1 saturated heterocycles. The molecule has 0 spiro atoms. The number of hydrogen-bond donors (Lipinski definition) is 0. The maximum atomic E-state index is 12.9. The summed E-state index contributed by atoms with van der Waals surface area (Å²) >= 11 is 0. The van der Waals surface area contributed by atoms with Crippen LogP contribution in [0.5, 0.6) is 5.88 Å². The molecule has 1 amide bonds. The van der Waals surface area contributed by atoms with E-state index in [-0.39, 0.29) is 12.0 Å². The SMILES string of the molecule is O=C(c1cccc(-n2cccn2)c1)N1CCC[C@@H](Oc2ccncn2)C1. The molecule has 7 heteroatoms. The fraction of sp³-hybridized carbons (Fsp3) is 0.263. The van der Waals surface area contributed by atoms with Gasteiger partial charge in [0.1, 0.15) is 12.4 Å². The highest BCUT2D eigenvalue weighted by molar-refractivity contribution is 5.94. The van der Waals surface area contributed by atoms with E-state index in [1.54, 1.807) is 23.1 Å². The summed E-state index contributed by atoms with van der Waals surface area (Å²) in [5.74, 6) is 0.551. The molecule has 1 fully saturated rings. The molecule has 1 aliphatic heterocycles. The molecule has 0 unspecified atom stereocenters. The van der Waals surface area contributed by atoms with Gasteiger partial charge in [-0.15, -0.1) is 0 Å². The van der Waals surface area contributed by atoms with Crippen molar-refractivity contribution < 1.29 is 9.53 Å². The summed E-state index contributed by atoms with van der Waals surface area (Å²) in [6, 6.07) is 11.1. The molecule has 0 aliphatic carbocycles. The molecular weight excluding hydrogens is 330 g/mol. The number of rotatable bonds is 4. The lowest BCUT2D eigenvalue weighted by Gasteiger charge is -2.32. The van der Waals surface area contributed by atoms with Crippen molar-refractivity contribution in [2.45, 2.75) is 18.9 Å². The number of carbonyl (C=O) groups excluding carboxylic acids is 1. The zero-order valence-corrected chi connectivity index (χ0v) is 14.2. The second kappa shape index (κ2) is 7.35. The average molecular weight is 349 g/mol. The van der Waals surface area contributed by atoms with E-state index in [0.29, 0.717) is 18.0 Å². The Morgan fingerprint density at radius 3 is 2.96 bits per heavy atom. The highest BCUT2D eigenvalue weighted by Gasteiger charge is 2.26. The van der Waals surface area contributed by atoms with Crippen LogP contribution >= 0.6 is 0 Å². The van der Waals surface area contributed by atoms with E-state index in [0.717, 1.165) is 25.1 Å². The molecule has 4 rings (SSSR count). The highest BCUT2D eigenvalue weighted by Crippen LogP contribution is 2.19. The topological polar surface area (TPSA) is 73.1 Å². The number of benzene rings is 1. The lowest BCUT2D eigenvalue weighted by Crippen LogP contribution is -2.44. The second-order valence-corrected chi connectivity index (χ2v) is 6.18. The first-order valence-electron chi connectivity index (χ1n) is 8.61. The van der Waals surface area contributed by atoms with Gasteiger partial charge in [-0.1, -0.05) is 6.07 Å². The van der Waals surface area contributed by atoms with Gasteiger partial charge in [-0.25, -0.2) is 14.6 Å². The van der Waals surface area contributed by atoms with Crippen molar-refractivity contribution in [2.24, 2.45) is 0 Å². The van der Waals surface area contributed by atoms with Gasteiger partial charge in [0.15, 0.2) is 0 Å². The molecule has 7 nitrogen and oxygen atoms in total. The molecule has 2 aromatic heterocycles. The minimum atomic E-state index is -0.0584. The Morgan fingerprint density at radius 2 is 2.15 bits per heavy atom. The molecule has 1 aromatic carbocycles. The first-order valence-corrected chi connectivity index (χ1v) is 8.61. The third-order valence-electron chi connectivity index (χ3n) is 4.37. The van der Waals surface area contributed by atoms with Gasteiger partial charge in [0, 0.05) is 36.8 Å². The molecule has 0 saturated carbocycles. The van der Waals surface area contributed by atoms with Gasteiger partial charge in [0.25, 0.3) is 5.91 Å². The maximum absolute atomic E-state index is 12.9. The summed E-state index contributed by atoms with van der Waals surface area (Å²) in [6.07, 6.45) is 8.43. The molecule has 26 heavy (non-hydrogen) atoms. The first-order chi connectivity index (χ1) is 12.8. The van der Waals surface area contributed by atoms with Crippen LogP contribution < -0.4 is 4.74 Å². The molecule has 3 heterocycles. The Morgan fingerprint density at radius 1 is 1.19 bits per heavy atom. The van der Waals surface area contributed by atoms with Crippen molar-refractivity contribution in [3.8, 4) is 11.6 Å². The molecule has 0 radical (unpaired) electrons. The van der Waals surface area contributed by atoms with Crippen LogP contribution in [0.15, 0.2) is 61.3 Å². The van der Waals surface area contributed by atoms with E-state index in [1.807, 2.05) is 41.4 Å².